The molecule has 234 valence electrons. The Labute approximate surface area is 262 Å². The minimum absolute atomic E-state index is 0.0717. The summed E-state index contributed by atoms with van der Waals surface area (Å²) in [5.41, 5.74) is 0.797. The standard InChI is InChI=1S/C26H34B5F4N7O3/c27-25(28,29)26(30,31)39-20-7-19-17(9-37-20)22(13-8-38-41(10-13)11-15(44)12-43)40-42(19)14-1-3-16(4-2-14)45-23-21(32)18(5-6-36-23)24(33,34)35/h5-10,14-16,43-44H,1-4,11-12,27-31H2,(H,37,39)/t14-,15-,16+/m1/s1. The summed E-state index contributed by atoms with van der Waals surface area (Å²) in [7, 11) is 10.7. The average molecular weight is 623 g/mol. The van der Waals surface area contributed by atoms with Gasteiger partial charge in [0.1, 0.15) is 33.3 Å². The first kappa shape index (κ1) is 32.9. The number of aliphatic hydroxyl groups is 2. The number of hydrogen-bond donors (Lipinski definition) is 3. The molecule has 0 bridgehead atoms. The summed E-state index contributed by atoms with van der Waals surface area (Å²) in [6, 6.07) is 2.49. The summed E-state index contributed by atoms with van der Waals surface area (Å²) in [6.45, 7) is -0.269. The zero-order chi connectivity index (χ0) is 32.7. The molecule has 0 aromatic carbocycles. The molecule has 1 fully saturated rings. The summed E-state index contributed by atoms with van der Waals surface area (Å²) < 4.78 is 63.2. The van der Waals surface area contributed by atoms with Gasteiger partial charge in [0.2, 0.25) is 0 Å². The predicted molar refractivity (Wildman–Crippen MR) is 175 cm³/mol. The lowest BCUT2D eigenvalue weighted by Crippen LogP contribution is -2.52. The van der Waals surface area contributed by atoms with E-state index in [2.05, 4.69) is 54.6 Å². The SMILES string of the molecule is BC(B)(B)C(B)(B)Nc1cc2c(cn1)c(-c1cnn(C[C@@H](O)CO)c1)nn2[C@H]1CC[C@@H](Oc2nccc(C(F)(F)F)c2F)CC1. The summed E-state index contributed by atoms with van der Waals surface area (Å²) in [4.78, 5) is 8.42. The molecular formula is C26H34B5F4N7O3. The Kier molecular flexibility index (Phi) is 9.06. The number of halogens is 4. The molecule has 19 heteroatoms. The fourth-order valence-electron chi connectivity index (χ4n) is 5.25. The molecule has 4 aromatic heterocycles. The van der Waals surface area contributed by atoms with Gasteiger partial charge >= 0.3 is 6.18 Å². The zero-order valence-electron chi connectivity index (χ0n) is 25.9. The van der Waals surface area contributed by atoms with Crippen molar-refractivity contribution in [3.63, 3.8) is 0 Å². The van der Waals surface area contributed by atoms with Gasteiger partial charge in [0.05, 0.1) is 66.1 Å². The van der Waals surface area contributed by atoms with Gasteiger partial charge in [0.25, 0.3) is 5.88 Å². The maximum Gasteiger partial charge on any atom is 0.419 e. The largest absolute Gasteiger partial charge is 0.472 e. The number of ether oxygens (including phenoxy) is 1. The lowest BCUT2D eigenvalue weighted by molar-refractivity contribution is -0.140. The molecular weight excluding hydrogens is 588 g/mol. The van der Waals surface area contributed by atoms with E-state index in [1.807, 2.05) is 10.7 Å². The summed E-state index contributed by atoms with van der Waals surface area (Å²) in [6.07, 6.45) is 1.86. The van der Waals surface area contributed by atoms with Gasteiger partial charge in [0, 0.05) is 35.6 Å². The quantitative estimate of drug-likeness (QED) is 0.153. The highest BCUT2D eigenvalue weighted by atomic mass is 19.4. The van der Waals surface area contributed by atoms with Gasteiger partial charge in [0.15, 0.2) is 5.82 Å². The van der Waals surface area contributed by atoms with Crippen LogP contribution in [0.25, 0.3) is 22.2 Å². The van der Waals surface area contributed by atoms with Crippen LogP contribution in [0.2, 0.25) is 5.11 Å². The highest BCUT2D eigenvalue weighted by molar-refractivity contribution is 6.67. The minimum Gasteiger partial charge on any atom is -0.472 e. The summed E-state index contributed by atoms with van der Waals surface area (Å²) in [5.74, 6) is -1.47. The van der Waals surface area contributed by atoms with Gasteiger partial charge in [-0.25, -0.2) is 14.4 Å². The Morgan fingerprint density at radius 1 is 1.07 bits per heavy atom. The lowest BCUT2D eigenvalue weighted by atomic mass is 9.26. The van der Waals surface area contributed by atoms with E-state index in [1.165, 1.54) is 0 Å². The molecule has 4 heterocycles. The minimum atomic E-state index is -4.85. The predicted octanol–water partition coefficient (Wildman–Crippen LogP) is -0.931. The molecule has 0 saturated heterocycles. The van der Waals surface area contributed by atoms with Crippen LogP contribution in [-0.2, 0) is 12.7 Å². The van der Waals surface area contributed by atoms with Crippen molar-refractivity contribution >= 4 is 56.0 Å². The number of nitrogens with zero attached hydrogens (tertiary/aromatic N) is 6. The fourth-order valence-corrected chi connectivity index (χ4v) is 5.25. The van der Waals surface area contributed by atoms with Crippen molar-refractivity contribution in [2.45, 2.75) is 67.1 Å². The van der Waals surface area contributed by atoms with Crippen LogP contribution in [0.15, 0.2) is 36.9 Å². The van der Waals surface area contributed by atoms with Crippen LogP contribution in [0.4, 0.5) is 23.4 Å². The van der Waals surface area contributed by atoms with Crippen LogP contribution in [0.1, 0.15) is 37.3 Å². The zero-order valence-corrected chi connectivity index (χ0v) is 25.9. The molecule has 0 aliphatic heterocycles. The Morgan fingerprint density at radius 2 is 1.78 bits per heavy atom. The van der Waals surface area contributed by atoms with E-state index >= 15 is 0 Å². The number of pyridine rings is 2. The molecule has 0 amide bonds. The molecule has 1 atom stereocenters. The van der Waals surface area contributed by atoms with Gasteiger partial charge in [-0.15, -0.1) is 5.11 Å². The highest BCUT2D eigenvalue weighted by Crippen LogP contribution is 2.38. The molecule has 0 spiro atoms. The van der Waals surface area contributed by atoms with E-state index in [-0.39, 0.29) is 29.6 Å². The summed E-state index contributed by atoms with van der Waals surface area (Å²) in [5, 5.41) is 32.4. The number of rotatable bonds is 10. The first-order valence-electron chi connectivity index (χ1n) is 14.9. The van der Waals surface area contributed by atoms with Crippen LogP contribution in [0, 0.1) is 5.82 Å². The number of nitrogens with one attached hydrogen (secondary N) is 1. The molecule has 4 aromatic rings. The Hall–Kier alpha value is -3.46. The topological polar surface area (TPSA) is 123 Å². The monoisotopic (exact) mass is 623 g/mol. The van der Waals surface area contributed by atoms with E-state index in [4.69, 9.17) is 14.8 Å². The molecule has 1 saturated carbocycles. The molecule has 45 heavy (non-hydrogen) atoms. The van der Waals surface area contributed by atoms with E-state index in [1.54, 1.807) is 23.3 Å². The smallest absolute Gasteiger partial charge is 0.419 e. The van der Waals surface area contributed by atoms with Crippen molar-refractivity contribution in [2.24, 2.45) is 0 Å². The van der Waals surface area contributed by atoms with Gasteiger partial charge in [-0.1, -0.05) is 0 Å². The number of aromatic nitrogens is 6. The van der Waals surface area contributed by atoms with E-state index < -0.39 is 35.6 Å². The Bertz CT molecular complexity index is 1660. The first-order valence-corrected chi connectivity index (χ1v) is 14.9. The number of hydrogen-bond acceptors (Lipinski definition) is 8. The van der Waals surface area contributed by atoms with Crippen LogP contribution in [-0.4, -0.2) is 103 Å². The van der Waals surface area contributed by atoms with E-state index in [0.29, 0.717) is 48.8 Å². The number of fused-ring (bicyclic) bond motifs is 1. The van der Waals surface area contributed by atoms with Crippen molar-refractivity contribution in [3.05, 3.63) is 48.3 Å². The van der Waals surface area contributed by atoms with Crippen molar-refractivity contribution in [2.75, 3.05) is 11.9 Å². The average Bonchev–Trinajstić information content (AvgIpc) is 3.57. The number of alkyl halides is 3. The first-order chi connectivity index (χ1) is 21.1. The number of anilines is 1. The molecule has 1 aliphatic rings. The molecule has 0 unspecified atom stereocenters. The van der Waals surface area contributed by atoms with Gasteiger partial charge in [-0.05, 0) is 37.1 Å². The third-order valence-corrected chi connectivity index (χ3v) is 8.85. The summed E-state index contributed by atoms with van der Waals surface area (Å²) >= 11 is 0. The lowest BCUT2D eigenvalue weighted by Gasteiger charge is -2.41. The normalized spacial score (nSPS) is 18.6. The van der Waals surface area contributed by atoms with Gasteiger partial charge in [-0.3, -0.25) is 9.36 Å². The second kappa shape index (κ2) is 12.4. The second-order valence-corrected chi connectivity index (χ2v) is 13.2. The third-order valence-electron chi connectivity index (χ3n) is 8.85. The molecule has 1 aliphatic carbocycles. The van der Waals surface area contributed by atoms with Crippen molar-refractivity contribution in [1.82, 2.24) is 29.5 Å². The molecule has 5 rings (SSSR count). The maximum absolute atomic E-state index is 14.6. The molecule has 3 N–H and O–H groups in total. The Morgan fingerprint density at radius 3 is 2.42 bits per heavy atom. The number of aliphatic hydroxyl groups excluding tert-OH is 2. The van der Waals surface area contributed by atoms with Crippen molar-refractivity contribution in [3.8, 4) is 17.1 Å². The van der Waals surface area contributed by atoms with Gasteiger partial charge in [-0.2, -0.15) is 23.4 Å². The van der Waals surface area contributed by atoms with Crippen LogP contribution in [0.3, 0.4) is 0 Å². The van der Waals surface area contributed by atoms with E-state index in [9.17, 15) is 27.8 Å². The molecule has 0 radical (unpaired) electrons. The van der Waals surface area contributed by atoms with Crippen LogP contribution < -0.4 is 10.1 Å². The van der Waals surface area contributed by atoms with Crippen LogP contribution >= 0.6 is 0 Å². The van der Waals surface area contributed by atoms with Crippen molar-refractivity contribution in [1.29, 1.82) is 0 Å². The third kappa shape index (κ3) is 7.03. The Balaban J connectivity index is 1.43. The highest BCUT2D eigenvalue weighted by Gasteiger charge is 2.37. The fraction of sp³-hybridized carbons (Fsp3) is 0.462. The van der Waals surface area contributed by atoms with Crippen molar-refractivity contribution < 1.29 is 32.5 Å². The van der Waals surface area contributed by atoms with E-state index in [0.717, 1.165) is 17.1 Å². The van der Waals surface area contributed by atoms with Gasteiger partial charge < -0.3 is 20.3 Å². The molecule has 10 nitrogen and oxygen atoms in total. The van der Waals surface area contributed by atoms with Crippen LogP contribution in [0.5, 0.6) is 5.88 Å². The second-order valence-electron chi connectivity index (χ2n) is 13.2. The maximum atomic E-state index is 14.6.